The summed E-state index contributed by atoms with van der Waals surface area (Å²) in [7, 11) is 1.94. The molecule has 6 nitrogen and oxygen atoms in total. The quantitative estimate of drug-likeness (QED) is 0.397. The summed E-state index contributed by atoms with van der Waals surface area (Å²) in [6.07, 6.45) is 3.42. The highest BCUT2D eigenvalue weighted by molar-refractivity contribution is 6.46. The molecule has 2 aromatic carbocycles. The maximum absolute atomic E-state index is 13.1. The number of aryl methyl sites for hydroxylation is 1. The van der Waals surface area contributed by atoms with Crippen molar-refractivity contribution in [1.82, 2.24) is 9.47 Å². The molecule has 158 valence electrons. The molecular weight excluding hydrogens is 392 g/mol. The van der Waals surface area contributed by atoms with Crippen molar-refractivity contribution < 1.29 is 19.4 Å². The second-order valence-electron chi connectivity index (χ2n) is 8.13. The molecule has 0 aliphatic carbocycles. The predicted octanol–water partition coefficient (Wildman–Crippen LogP) is 3.94. The number of nitrogens with zero attached hydrogens (tertiary/aromatic N) is 2. The zero-order valence-corrected chi connectivity index (χ0v) is 17.6. The minimum Gasteiger partial charge on any atom is -0.507 e. The van der Waals surface area contributed by atoms with E-state index in [1.165, 1.54) is 0 Å². The van der Waals surface area contributed by atoms with Gasteiger partial charge in [-0.2, -0.15) is 0 Å². The summed E-state index contributed by atoms with van der Waals surface area (Å²) < 4.78 is 7.55. The minimum atomic E-state index is -0.638. The number of likely N-dealkylation sites (tertiary alicyclic amines) is 1. The Morgan fingerprint density at radius 3 is 2.81 bits per heavy atom. The van der Waals surface area contributed by atoms with Crippen molar-refractivity contribution >= 4 is 28.4 Å². The number of aliphatic hydroxyl groups is 1. The van der Waals surface area contributed by atoms with Crippen molar-refractivity contribution in [3.63, 3.8) is 0 Å². The number of fused-ring (bicyclic) bond motifs is 2. The topological polar surface area (TPSA) is 71.8 Å². The molecule has 0 bridgehead atoms. The standard InChI is InChI=1S/C25H24N2O4/c1-3-11-27-22(18-14-26(2)19-7-5-4-6-17(18)19)21(24(29)25(27)30)23(28)16-8-9-20-15(13-16)10-12-31-20/h4-9,13-14,22,28H,3,10-12H2,1-2H3/b23-21+. The van der Waals surface area contributed by atoms with E-state index in [9.17, 15) is 14.7 Å². The Hall–Kier alpha value is -3.54. The molecule has 2 aliphatic heterocycles. The molecule has 3 heterocycles. The van der Waals surface area contributed by atoms with E-state index in [-0.39, 0.29) is 11.3 Å². The summed E-state index contributed by atoms with van der Waals surface area (Å²) in [5.74, 6) is -0.537. The zero-order valence-electron chi connectivity index (χ0n) is 17.6. The number of benzene rings is 2. The average molecular weight is 416 g/mol. The number of hydrogen-bond acceptors (Lipinski definition) is 4. The van der Waals surface area contributed by atoms with Crippen LogP contribution in [-0.2, 0) is 23.1 Å². The van der Waals surface area contributed by atoms with Gasteiger partial charge in [-0.25, -0.2) is 0 Å². The maximum Gasteiger partial charge on any atom is 0.295 e. The Kier molecular flexibility index (Phi) is 4.58. The molecule has 0 saturated carbocycles. The van der Waals surface area contributed by atoms with Gasteiger partial charge in [-0.15, -0.1) is 0 Å². The first-order chi connectivity index (χ1) is 15.0. The molecule has 1 amide bonds. The third kappa shape index (κ3) is 2.93. The van der Waals surface area contributed by atoms with Crippen molar-refractivity contribution in [2.24, 2.45) is 7.05 Å². The molecule has 2 aliphatic rings. The number of rotatable bonds is 4. The lowest BCUT2D eigenvalue weighted by atomic mass is 9.94. The predicted molar refractivity (Wildman–Crippen MR) is 118 cm³/mol. The van der Waals surface area contributed by atoms with Gasteiger partial charge in [0.25, 0.3) is 11.7 Å². The number of ether oxygens (including phenoxy) is 1. The maximum atomic E-state index is 13.1. The highest BCUT2D eigenvalue weighted by Gasteiger charge is 2.46. The Bertz CT molecular complexity index is 1250. The van der Waals surface area contributed by atoms with Crippen LogP contribution in [-0.4, -0.2) is 39.4 Å². The van der Waals surface area contributed by atoms with E-state index < -0.39 is 17.7 Å². The summed E-state index contributed by atoms with van der Waals surface area (Å²) in [4.78, 5) is 27.7. The summed E-state index contributed by atoms with van der Waals surface area (Å²) >= 11 is 0. The van der Waals surface area contributed by atoms with Gasteiger partial charge in [-0.3, -0.25) is 9.59 Å². The molecule has 5 rings (SSSR count). The van der Waals surface area contributed by atoms with E-state index in [1.54, 1.807) is 11.0 Å². The van der Waals surface area contributed by atoms with Crippen LogP contribution >= 0.6 is 0 Å². The molecule has 31 heavy (non-hydrogen) atoms. The lowest BCUT2D eigenvalue weighted by molar-refractivity contribution is -0.139. The number of carbonyl (C=O) groups excluding carboxylic acids is 2. The van der Waals surface area contributed by atoms with Crippen LogP contribution in [0.5, 0.6) is 5.75 Å². The first-order valence-electron chi connectivity index (χ1n) is 10.6. The van der Waals surface area contributed by atoms with Crippen molar-refractivity contribution in [3.05, 3.63) is 70.9 Å². The number of carbonyl (C=O) groups is 2. The van der Waals surface area contributed by atoms with Gasteiger partial charge < -0.3 is 19.3 Å². The Balaban J connectivity index is 1.73. The van der Waals surface area contributed by atoms with Crippen LogP contribution in [0, 0.1) is 0 Å². The Morgan fingerprint density at radius 2 is 2.00 bits per heavy atom. The molecule has 1 N–H and O–H groups in total. The second-order valence-corrected chi connectivity index (χ2v) is 8.13. The summed E-state index contributed by atoms with van der Waals surface area (Å²) in [5, 5.41) is 12.2. The summed E-state index contributed by atoms with van der Waals surface area (Å²) in [5.41, 5.74) is 3.53. The van der Waals surface area contributed by atoms with E-state index in [4.69, 9.17) is 4.74 Å². The smallest absolute Gasteiger partial charge is 0.295 e. The fourth-order valence-electron chi connectivity index (χ4n) is 4.76. The third-order valence-corrected chi connectivity index (χ3v) is 6.19. The van der Waals surface area contributed by atoms with Gasteiger partial charge in [-0.1, -0.05) is 25.1 Å². The lowest BCUT2D eigenvalue weighted by Crippen LogP contribution is -2.30. The fourth-order valence-corrected chi connectivity index (χ4v) is 4.76. The van der Waals surface area contributed by atoms with Gasteiger partial charge in [0.05, 0.1) is 18.2 Å². The number of amides is 1. The number of para-hydroxylation sites is 1. The minimum absolute atomic E-state index is 0.135. The fraction of sp³-hybridized carbons (Fsp3) is 0.280. The van der Waals surface area contributed by atoms with Crippen molar-refractivity contribution in [3.8, 4) is 5.75 Å². The van der Waals surface area contributed by atoms with Crippen LogP contribution in [0.4, 0.5) is 0 Å². The van der Waals surface area contributed by atoms with E-state index in [1.807, 2.05) is 61.1 Å². The van der Waals surface area contributed by atoms with E-state index >= 15 is 0 Å². The molecule has 1 unspecified atom stereocenters. The van der Waals surface area contributed by atoms with E-state index in [0.717, 1.165) is 34.2 Å². The largest absolute Gasteiger partial charge is 0.507 e. The molecule has 3 aromatic rings. The molecular formula is C25H24N2O4. The van der Waals surface area contributed by atoms with Crippen molar-refractivity contribution in [2.45, 2.75) is 25.8 Å². The highest BCUT2D eigenvalue weighted by atomic mass is 16.5. The summed E-state index contributed by atoms with van der Waals surface area (Å²) in [6, 6.07) is 12.7. The first kappa shape index (κ1) is 19.4. The van der Waals surface area contributed by atoms with Gasteiger partial charge in [0, 0.05) is 48.2 Å². The Labute approximate surface area is 180 Å². The van der Waals surface area contributed by atoms with Crippen LogP contribution in [0.1, 0.15) is 36.1 Å². The van der Waals surface area contributed by atoms with Gasteiger partial charge in [0.2, 0.25) is 0 Å². The number of Topliss-reactive ketones (excluding diaryl/α,β-unsaturated/α-hetero) is 1. The number of aromatic nitrogens is 1. The van der Waals surface area contributed by atoms with E-state index in [2.05, 4.69) is 0 Å². The van der Waals surface area contributed by atoms with Crippen molar-refractivity contribution in [1.29, 1.82) is 0 Å². The number of ketones is 1. The number of aliphatic hydroxyl groups excluding tert-OH is 1. The lowest BCUT2D eigenvalue weighted by Gasteiger charge is -2.24. The van der Waals surface area contributed by atoms with E-state index in [0.29, 0.717) is 25.1 Å². The van der Waals surface area contributed by atoms with Gasteiger partial charge in [0.15, 0.2) is 0 Å². The molecule has 0 spiro atoms. The number of hydrogen-bond donors (Lipinski definition) is 1. The first-order valence-corrected chi connectivity index (χ1v) is 10.6. The Morgan fingerprint density at radius 1 is 1.19 bits per heavy atom. The molecule has 6 heteroatoms. The molecule has 1 atom stereocenters. The molecule has 1 fully saturated rings. The SMILES string of the molecule is CCCN1C(=O)C(=O)/C(=C(/O)c2ccc3c(c2)CCO3)C1c1cn(C)c2ccccc12. The summed E-state index contributed by atoms with van der Waals surface area (Å²) in [6.45, 7) is 3.02. The average Bonchev–Trinajstić information content (AvgIpc) is 3.44. The van der Waals surface area contributed by atoms with Gasteiger partial charge in [0.1, 0.15) is 11.5 Å². The van der Waals surface area contributed by atoms with Crippen molar-refractivity contribution in [2.75, 3.05) is 13.2 Å². The molecule has 1 aromatic heterocycles. The van der Waals surface area contributed by atoms with Crippen LogP contribution < -0.4 is 4.74 Å². The second kappa shape index (κ2) is 7.30. The normalized spacial score (nSPS) is 19.8. The van der Waals surface area contributed by atoms with Crippen LogP contribution in [0.2, 0.25) is 0 Å². The van der Waals surface area contributed by atoms with Crippen LogP contribution in [0.25, 0.3) is 16.7 Å². The highest BCUT2D eigenvalue weighted by Crippen LogP contribution is 2.43. The third-order valence-electron chi connectivity index (χ3n) is 6.19. The molecule has 0 radical (unpaired) electrons. The monoisotopic (exact) mass is 416 g/mol. The van der Waals surface area contributed by atoms with Crippen LogP contribution in [0.3, 0.4) is 0 Å². The van der Waals surface area contributed by atoms with Crippen LogP contribution in [0.15, 0.2) is 54.2 Å². The van der Waals surface area contributed by atoms with Gasteiger partial charge >= 0.3 is 0 Å². The van der Waals surface area contributed by atoms with Gasteiger partial charge in [-0.05, 0) is 36.2 Å². The zero-order chi connectivity index (χ0) is 21.7. The molecule has 1 saturated heterocycles.